The third-order valence-corrected chi connectivity index (χ3v) is 5.61. The fourth-order valence-electron chi connectivity index (χ4n) is 0.677. The topological polar surface area (TPSA) is 41.5 Å². The maximum Gasteiger partial charge on any atom is 1.00 e. The van der Waals surface area contributed by atoms with Gasteiger partial charge >= 0.3 is 51.4 Å². The average molecular weight is 282 g/mol. The summed E-state index contributed by atoms with van der Waals surface area (Å²) in [7, 11) is 0. The van der Waals surface area contributed by atoms with Crippen molar-refractivity contribution in [2.45, 2.75) is 20.3 Å². The molecule has 14 heavy (non-hydrogen) atoms. The van der Waals surface area contributed by atoms with E-state index >= 15 is 0 Å². The smallest absolute Gasteiger partial charge is 0.793 e. The first-order chi connectivity index (χ1) is 6.12. The minimum atomic E-state index is -2.80. The van der Waals surface area contributed by atoms with Gasteiger partial charge in [-0.25, -0.2) is 0 Å². The Kier molecular flexibility index (Phi) is 16.2. The molecule has 0 aliphatic rings. The van der Waals surface area contributed by atoms with Gasteiger partial charge in [0.1, 0.15) is 0 Å². The Hall–Kier alpha value is 2.52. The third-order valence-electron chi connectivity index (χ3n) is 1.17. The van der Waals surface area contributed by atoms with Crippen LogP contribution in [-0.4, -0.2) is 25.6 Å². The van der Waals surface area contributed by atoms with Gasteiger partial charge in [-0.1, -0.05) is 11.8 Å². The number of ether oxygens (including phenoxy) is 1. The molecular weight excluding hydrogens is 266 g/mol. The molecule has 0 rings (SSSR count). The van der Waals surface area contributed by atoms with Gasteiger partial charge in [0.15, 0.2) is 0 Å². The summed E-state index contributed by atoms with van der Waals surface area (Å²) in [5.74, 6) is 0.737. The van der Waals surface area contributed by atoms with Gasteiger partial charge in [0.05, 0.1) is 0 Å². The Morgan fingerprint density at radius 2 is 2.00 bits per heavy atom. The van der Waals surface area contributed by atoms with Crippen LogP contribution in [0.4, 0.5) is 0 Å². The Balaban J connectivity index is 0. The van der Waals surface area contributed by atoms with Gasteiger partial charge in [-0.2, -0.15) is 0 Å². The molecule has 0 heterocycles. The second-order valence-electron chi connectivity index (χ2n) is 2.25. The second kappa shape index (κ2) is 12.0. The van der Waals surface area contributed by atoms with Crippen molar-refractivity contribution in [1.82, 2.24) is 0 Å². The quantitative estimate of drug-likeness (QED) is 0.317. The molecule has 0 fully saturated rings. The summed E-state index contributed by atoms with van der Waals surface area (Å²) in [6.07, 6.45) is 0.867. The standard InChI is InChI=1S/C7H17O3PS2.K/c1-3-9-6-5-7-13-11(8,12)10-4-2;/h3-7H2,1-2H3,(H,8,12);/q;+1/p-1. The van der Waals surface area contributed by atoms with Crippen LogP contribution < -0.4 is 56.3 Å². The third kappa shape index (κ3) is 12.6. The molecule has 3 nitrogen and oxygen atoms in total. The van der Waals surface area contributed by atoms with Crippen LogP contribution in [0.25, 0.3) is 0 Å². The molecule has 0 aromatic rings. The van der Waals surface area contributed by atoms with Gasteiger partial charge < -0.3 is 14.2 Å². The van der Waals surface area contributed by atoms with Gasteiger partial charge in [0.2, 0.25) is 0 Å². The van der Waals surface area contributed by atoms with Crippen LogP contribution in [0.1, 0.15) is 20.3 Å². The Morgan fingerprint density at radius 1 is 1.36 bits per heavy atom. The van der Waals surface area contributed by atoms with Crippen LogP contribution in [0.2, 0.25) is 0 Å². The minimum absolute atomic E-state index is 0. The van der Waals surface area contributed by atoms with Crippen LogP contribution in [0, 0.1) is 0 Å². The van der Waals surface area contributed by atoms with Crippen molar-refractivity contribution in [3.8, 4) is 0 Å². The number of hydrogen-bond acceptors (Lipinski definition) is 5. The van der Waals surface area contributed by atoms with Crippen LogP contribution in [0.15, 0.2) is 0 Å². The fourth-order valence-corrected chi connectivity index (χ4v) is 4.12. The van der Waals surface area contributed by atoms with E-state index in [0.717, 1.165) is 18.8 Å². The predicted octanol–water partition coefficient (Wildman–Crippen LogP) is -1.23. The Morgan fingerprint density at radius 3 is 2.50 bits per heavy atom. The molecule has 0 aliphatic carbocycles. The molecule has 0 aliphatic heterocycles. The molecule has 0 bridgehead atoms. The van der Waals surface area contributed by atoms with E-state index in [9.17, 15) is 4.89 Å². The maximum absolute atomic E-state index is 11.4. The van der Waals surface area contributed by atoms with Gasteiger partial charge in [-0.3, -0.25) is 0 Å². The van der Waals surface area contributed by atoms with Crippen molar-refractivity contribution < 1.29 is 65.5 Å². The first-order valence-corrected chi connectivity index (χ1v) is 8.53. The number of hydrogen-bond donors (Lipinski definition) is 0. The zero-order valence-electron chi connectivity index (χ0n) is 9.02. The molecule has 1 unspecified atom stereocenters. The van der Waals surface area contributed by atoms with E-state index < -0.39 is 5.69 Å². The molecule has 1 atom stereocenters. The van der Waals surface area contributed by atoms with Crippen molar-refractivity contribution >= 4 is 28.9 Å². The average Bonchev–Trinajstić information content (AvgIpc) is 2.04. The van der Waals surface area contributed by atoms with E-state index in [-0.39, 0.29) is 51.4 Å². The summed E-state index contributed by atoms with van der Waals surface area (Å²) in [5, 5.41) is 0. The molecule has 0 aromatic carbocycles. The van der Waals surface area contributed by atoms with Crippen molar-refractivity contribution in [2.75, 3.05) is 25.6 Å². The van der Waals surface area contributed by atoms with Crippen LogP contribution in [-0.2, 0) is 21.1 Å². The summed E-state index contributed by atoms with van der Waals surface area (Å²) >= 11 is 6.00. The number of rotatable bonds is 8. The van der Waals surface area contributed by atoms with Gasteiger partial charge in [-0.15, -0.1) is 11.4 Å². The zero-order valence-corrected chi connectivity index (χ0v) is 14.7. The van der Waals surface area contributed by atoms with Gasteiger partial charge in [0, 0.05) is 31.3 Å². The Labute approximate surface area is 138 Å². The van der Waals surface area contributed by atoms with E-state index in [1.54, 1.807) is 6.92 Å². The summed E-state index contributed by atoms with van der Waals surface area (Å²) in [5.41, 5.74) is -2.80. The summed E-state index contributed by atoms with van der Waals surface area (Å²) in [6, 6.07) is 0. The molecule has 0 radical (unpaired) electrons. The monoisotopic (exact) mass is 282 g/mol. The van der Waals surface area contributed by atoms with Crippen LogP contribution in [0.3, 0.4) is 0 Å². The summed E-state index contributed by atoms with van der Waals surface area (Å²) in [4.78, 5) is 11.4. The maximum atomic E-state index is 11.4. The molecule has 0 saturated heterocycles. The molecule has 0 N–H and O–H groups in total. The summed E-state index contributed by atoms with van der Waals surface area (Å²) in [6.45, 7) is 5.58. The van der Waals surface area contributed by atoms with Crippen LogP contribution in [0.5, 0.6) is 0 Å². The van der Waals surface area contributed by atoms with Crippen molar-refractivity contribution in [2.24, 2.45) is 0 Å². The van der Waals surface area contributed by atoms with E-state index in [1.165, 1.54) is 11.4 Å². The predicted molar refractivity (Wildman–Crippen MR) is 59.5 cm³/mol. The molecule has 0 aromatic heterocycles. The van der Waals surface area contributed by atoms with E-state index in [0.29, 0.717) is 13.2 Å². The first-order valence-electron chi connectivity index (χ1n) is 4.30. The molecular formula is C7H16KO3PS2. The van der Waals surface area contributed by atoms with E-state index in [1.807, 2.05) is 6.92 Å². The van der Waals surface area contributed by atoms with Crippen molar-refractivity contribution in [1.29, 1.82) is 0 Å². The fraction of sp³-hybridized carbons (Fsp3) is 1.00. The van der Waals surface area contributed by atoms with Crippen LogP contribution >= 0.6 is 17.1 Å². The van der Waals surface area contributed by atoms with Crippen molar-refractivity contribution in [3.05, 3.63) is 0 Å². The van der Waals surface area contributed by atoms with Gasteiger partial charge in [-0.05, 0) is 20.3 Å². The normalized spacial score (nSPS) is 14.5. The minimum Gasteiger partial charge on any atom is -0.793 e. The molecule has 7 heteroatoms. The van der Waals surface area contributed by atoms with E-state index in [2.05, 4.69) is 0 Å². The molecule has 80 valence electrons. The Bertz CT molecular complexity index is 171. The van der Waals surface area contributed by atoms with Crippen molar-refractivity contribution in [3.63, 3.8) is 0 Å². The second-order valence-corrected chi connectivity index (χ2v) is 8.42. The molecule has 0 saturated carbocycles. The zero-order chi connectivity index (χ0) is 10.2. The molecule has 0 spiro atoms. The van der Waals surface area contributed by atoms with E-state index in [4.69, 9.17) is 21.1 Å². The molecule has 0 amide bonds. The first kappa shape index (κ1) is 18.9. The SMILES string of the molecule is CCOCCCSP([O-])(=S)OCC.[K+]. The largest absolute Gasteiger partial charge is 1.00 e. The summed E-state index contributed by atoms with van der Waals surface area (Å²) < 4.78 is 10.1. The van der Waals surface area contributed by atoms with Gasteiger partial charge in [0.25, 0.3) is 0 Å².